The van der Waals surface area contributed by atoms with Crippen molar-refractivity contribution in [2.24, 2.45) is 0 Å². The van der Waals surface area contributed by atoms with Gasteiger partial charge < -0.3 is 20.5 Å². The van der Waals surface area contributed by atoms with Gasteiger partial charge in [0.1, 0.15) is 11.5 Å². The maximum Gasteiger partial charge on any atom is 0.259 e. The van der Waals surface area contributed by atoms with Gasteiger partial charge in [0, 0.05) is 6.54 Å². The number of hydrogen-bond donors (Lipinski definition) is 3. The lowest BCUT2D eigenvalue weighted by atomic mass is 10.1. The van der Waals surface area contributed by atoms with Crippen LogP contribution in [-0.2, 0) is 6.54 Å². The highest BCUT2D eigenvalue weighted by atomic mass is 16.5. The summed E-state index contributed by atoms with van der Waals surface area (Å²) in [5.41, 5.74) is 4.71. The van der Waals surface area contributed by atoms with Crippen molar-refractivity contribution in [3.05, 3.63) is 82.9 Å². The van der Waals surface area contributed by atoms with Gasteiger partial charge >= 0.3 is 0 Å². The molecule has 0 unspecified atom stereocenters. The van der Waals surface area contributed by atoms with E-state index in [1.807, 2.05) is 56.3 Å². The Balaban J connectivity index is 1.77. The second-order valence-corrected chi connectivity index (χ2v) is 6.63. The van der Waals surface area contributed by atoms with E-state index >= 15 is 0 Å². The summed E-state index contributed by atoms with van der Waals surface area (Å²) in [6, 6.07) is 18.6. The molecule has 0 aliphatic rings. The number of phenols is 1. The summed E-state index contributed by atoms with van der Waals surface area (Å²) < 4.78 is 5.27. The van der Waals surface area contributed by atoms with Crippen molar-refractivity contribution in [2.75, 3.05) is 17.7 Å². The molecule has 3 aromatic carbocycles. The second-order valence-electron chi connectivity index (χ2n) is 6.63. The molecule has 0 spiro atoms. The lowest BCUT2D eigenvalue weighted by Crippen LogP contribution is -2.14. The molecule has 5 heteroatoms. The van der Waals surface area contributed by atoms with Crippen molar-refractivity contribution in [2.45, 2.75) is 20.4 Å². The van der Waals surface area contributed by atoms with Crippen molar-refractivity contribution >= 4 is 17.3 Å². The van der Waals surface area contributed by atoms with Crippen LogP contribution in [0.25, 0.3) is 0 Å². The third kappa shape index (κ3) is 4.26. The molecule has 0 bridgehead atoms. The van der Waals surface area contributed by atoms with Crippen LogP contribution in [0.4, 0.5) is 11.4 Å². The van der Waals surface area contributed by atoms with Gasteiger partial charge in [0.05, 0.1) is 24.0 Å². The van der Waals surface area contributed by atoms with E-state index in [-0.39, 0.29) is 5.91 Å². The van der Waals surface area contributed by atoms with Crippen LogP contribution in [0, 0.1) is 13.8 Å². The molecule has 0 heterocycles. The van der Waals surface area contributed by atoms with Gasteiger partial charge in [-0.25, -0.2) is 0 Å². The number of anilines is 2. The van der Waals surface area contributed by atoms with E-state index < -0.39 is 0 Å². The minimum Gasteiger partial charge on any atom is -0.507 e. The van der Waals surface area contributed by atoms with Crippen LogP contribution in [0.15, 0.2) is 60.7 Å². The molecule has 0 aromatic heterocycles. The summed E-state index contributed by atoms with van der Waals surface area (Å²) in [5.74, 6) is 0.622. The first kappa shape index (κ1) is 19.3. The number of nitrogens with one attached hydrogen (secondary N) is 2. The molecule has 0 radical (unpaired) electrons. The zero-order chi connectivity index (χ0) is 20.1. The number of hydrogen-bond acceptors (Lipinski definition) is 4. The second kappa shape index (κ2) is 8.48. The van der Waals surface area contributed by atoms with E-state index in [0.29, 0.717) is 29.3 Å². The topological polar surface area (TPSA) is 70.6 Å². The van der Waals surface area contributed by atoms with Crippen LogP contribution in [0.2, 0.25) is 0 Å². The molecule has 28 heavy (non-hydrogen) atoms. The van der Waals surface area contributed by atoms with Crippen molar-refractivity contribution < 1.29 is 14.6 Å². The van der Waals surface area contributed by atoms with Gasteiger partial charge in [-0.15, -0.1) is 0 Å². The fourth-order valence-corrected chi connectivity index (χ4v) is 3.11. The first-order valence-electron chi connectivity index (χ1n) is 9.06. The van der Waals surface area contributed by atoms with Crippen LogP contribution in [0.1, 0.15) is 27.0 Å². The number of methoxy groups -OCH3 is 1. The SMILES string of the molecule is COc1ccccc1C(=O)Nc1ccccc1NCc1cc(C)c(O)c(C)c1. The molecule has 0 atom stereocenters. The van der Waals surface area contributed by atoms with E-state index in [4.69, 9.17) is 4.74 Å². The van der Waals surface area contributed by atoms with E-state index in [9.17, 15) is 9.90 Å². The Bertz CT molecular complexity index is 976. The Morgan fingerprint density at radius 3 is 2.25 bits per heavy atom. The Morgan fingerprint density at radius 1 is 0.964 bits per heavy atom. The number of phenolic OH excluding ortho intramolecular Hbond substituents is 1. The number of aryl methyl sites for hydroxylation is 2. The fraction of sp³-hybridized carbons (Fsp3) is 0.174. The quantitative estimate of drug-likeness (QED) is 0.573. The Kier molecular flexibility index (Phi) is 5.84. The maximum atomic E-state index is 12.7. The summed E-state index contributed by atoms with van der Waals surface area (Å²) in [5, 5.41) is 16.2. The maximum absolute atomic E-state index is 12.7. The smallest absolute Gasteiger partial charge is 0.259 e. The first-order chi connectivity index (χ1) is 13.5. The van der Waals surface area contributed by atoms with Crippen LogP contribution in [0.5, 0.6) is 11.5 Å². The van der Waals surface area contributed by atoms with Crippen LogP contribution < -0.4 is 15.4 Å². The van der Waals surface area contributed by atoms with Crippen LogP contribution in [-0.4, -0.2) is 18.1 Å². The largest absolute Gasteiger partial charge is 0.507 e. The molecule has 3 N–H and O–H groups in total. The average molecular weight is 376 g/mol. The normalized spacial score (nSPS) is 10.4. The molecule has 5 nitrogen and oxygen atoms in total. The van der Waals surface area contributed by atoms with Crippen LogP contribution >= 0.6 is 0 Å². The molecule has 0 saturated heterocycles. The molecule has 0 aliphatic heterocycles. The van der Waals surface area contributed by atoms with Gasteiger partial charge in [-0.3, -0.25) is 4.79 Å². The minimum atomic E-state index is -0.233. The number of rotatable bonds is 6. The number of aromatic hydroxyl groups is 1. The molecular formula is C23H24N2O3. The van der Waals surface area contributed by atoms with Crippen molar-refractivity contribution in [3.8, 4) is 11.5 Å². The summed E-state index contributed by atoms with van der Waals surface area (Å²) in [4.78, 5) is 12.7. The highest BCUT2D eigenvalue weighted by Crippen LogP contribution is 2.26. The molecule has 0 fully saturated rings. The summed E-state index contributed by atoms with van der Waals surface area (Å²) in [6.45, 7) is 4.34. The number of amides is 1. The van der Waals surface area contributed by atoms with Gasteiger partial charge in [0.15, 0.2) is 0 Å². The summed E-state index contributed by atoms with van der Waals surface area (Å²) >= 11 is 0. The third-order valence-corrected chi connectivity index (χ3v) is 4.56. The summed E-state index contributed by atoms with van der Waals surface area (Å²) in [7, 11) is 1.54. The number of carbonyl (C=O) groups is 1. The van der Waals surface area contributed by atoms with Gasteiger partial charge in [0.2, 0.25) is 0 Å². The number of ether oxygens (including phenoxy) is 1. The molecule has 144 valence electrons. The lowest BCUT2D eigenvalue weighted by molar-refractivity contribution is 0.102. The Hall–Kier alpha value is -3.47. The van der Waals surface area contributed by atoms with Gasteiger partial charge in [-0.2, -0.15) is 0 Å². The molecule has 3 rings (SSSR count). The zero-order valence-electron chi connectivity index (χ0n) is 16.2. The molecule has 0 aliphatic carbocycles. The van der Waals surface area contributed by atoms with Crippen molar-refractivity contribution in [1.82, 2.24) is 0 Å². The van der Waals surface area contributed by atoms with Gasteiger partial charge in [0.25, 0.3) is 5.91 Å². The predicted molar refractivity (Wildman–Crippen MR) is 112 cm³/mol. The monoisotopic (exact) mass is 376 g/mol. The standard InChI is InChI=1S/C23H24N2O3/c1-15-12-17(13-16(2)22(15)26)14-24-19-9-5-6-10-20(19)25-23(27)18-8-4-7-11-21(18)28-3/h4-13,24,26H,14H2,1-3H3,(H,25,27). The fourth-order valence-electron chi connectivity index (χ4n) is 3.11. The summed E-state index contributed by atoms with van der Waals surface area (Å²) in [6.07, 6.45) is 0. The Labute approximate surface area is 165 Å². The zero-order valence-corrected chi connectivity index (χ0v) is 16.2. The molecule has 3 aromatic rings. The highest BCUT2D eigenvalue weighted by molar-refractivity contribution is 6.07. The average Bonchev–Trinajstić information content (AvgIpc) is 2.71. The van der Waals surface area contributed by atoms with E-state index in [2.05, 4.69) is 10.6 Å². The predicted octanol–water partition coefficient (Wildman–Crippen LogP) is 4.88. The third-order valence-electron chi connectivity index (χ3n) is 4.56. The first-order valence-corrected chi connectivity index (χ1v) is 9.06. The highest BCUT2D eigenvalue weighted by Gasteiger charge is 2.13. The lowest BCUT2D eigenvalue weighted by Gasteiger charge is -2.15. The van der Waals surface area contributed by atoms with Gasteiger partial charge in [-0.1, -0.05) is 36.4 Å². The number of carbonyl (C=O) groups excluding carboxylic acids is 1. The number of benzene rings is 3. The molecule has 1 amide bonds. The van der Waals surface area contributed by atoms with E-state index in [1.165, 1.54) is 0 Å². The van der Waals surface area contributed by atoms with E-state index in [1.54, 1.807) is 25.3 Å². The van der Waals surface area contributed by atoms with E-state index in [0.717, 1.165) is 22.4 Å². The number of para-hydroxylation sites is 3. The molecule has 0 saturated carbocycles. The minimum absolute atomic E-state index is 0.233. The molecular weight excluding hydrogens is 352 g/mol. The Morgan fingerprint density at radius 2 is 1.57 bits per heavy atom. The van der Waals surface area contributed by atoms with Crippen LogP contribution in [0.3, 0.4) is 0 Å². The van der Waals surface area contributed by atoms with Crippen molar-refractivity contribution in [3.63, 3.8) is 0 Å². The van der Waals surface area contributed by atoms with Crippen molar-refractivity contribution in [1.29, 1.82) is 0 Å². The van der Waals surface area contributed by atoms with Gasteiger partial charge in [-0.05, 0) is 54.8 Å².